The Balaban J connectivity index is 2.07. The van der Waals surface area contributed by atoms with Crippen LogP contribution in [0.5, 0.6) is 0 Å². The Morgan fingerprint density at radius 2 is 2.00 bits per heavy atom. The molecule has 70 valence electrons. The first-order valence-corrected chi connectivity index (χ1v) is 4.95. The van der Waals surface area contributed by atoms with Gasteiger partial charge < -0.3 is 5.73 Å². The van der Waals surface area contributed by atoms with E-state index in [0.717, 1.165) is 24.8 Å². The van der Waals surface area contributed by atoms with Gasteiger partial charge >= 0.3 is 0 Å². The van der Waals surface area contributed by atoms with E-state index < -0.39 is 0 Å². The average molecular weight is 177 g/mol. The molecule has 2 rings (SSSR count). The van der Waals surface area contributed by atoms with E-state index in [0.29, 0.717) is 11.8 Å². The molecule has 2 aliphatic rings. The van der Waals surface area contributed by atoms with Gasteiger partial charge in [-0.15, -0.1) is 0 Å². The number of carbonyl (C=O) groups is 1. The summed E-state index contributed by atoms with van der Waals surface area (Å²) < 4.78 is 0. The molecule has 2 atom stereocenters. The van der Waals surface area contributed by atoms with Crippen LogP contribution in [0, 0.1) is 11.8 Å². The van der Waals surface area contributed by atoms with E-state index in [4.69, 9.17) is 5.73 Å². The largest absolute Gasteiger partial charge is 0.366 e. The molecule has 0 heterocycles. The second kappa shape index (κ2) is 3.36. The predicted molar refractivity (Wildman–Crippen MR) is 51.9 cm³/mol. The summed E-state index contributed by atoms with van der Waals surface area (Å²) in [4.78, 5) is 11.0. The van der Waals surface area contributed by atoms with Crippen molar-refractivity contribution in [1.82, 2.24) is 0 Å². The van der Waals surface area contributed by atoms with Gasteiger partial charge in [0.05, 0.1) is 0 Å². The fraction of sp³-hybridized carbons (Fsp3) is 0.545. The van der Waals surface area contributed by atoms with Crippen molar-refractivity contribution in [2.45, 2.75) is 25.7 Å². The van der Waals surface area contributed by atoms with E-state index in [2.05, 4.69) is 18.2 Å². The Labute approximate surface area is 78.5 Å². The number of hydrogen-bond donors (Lipinski definition) is 1. The van der Waals surface area contributed by atoms with Gasteiger partial charge in [0.1, 0.15) is 0 Å². The van der Waals surface area contributed by atoms with Crippen LogP contribution < -0.4 is 5.73 Å². The van der Waals surface area contributed by atoms with Crippen molar-refractivity contribution in [3.05, 3.63) is 23.8 Å². The highest BCUT2D eigenvalue weighted by Crippen LogP contribution is 2.40. The number of nitrogens with two attached hydrogens (primary N) is 1. The summed E-state index contributed by atoms with van der Waals surface area (Å²) in [6, 6.07) is 0. The zero-order valence-electron chi connectivity index (χ0n) is 7.70. The molecule has 2 heteroatoms. The molecular formula is C11H15NO. The molecule has 0 spiro atoms. The number of carbonyl (C=O) groups excluding carboxylic acids is 1. The highest BCUT2D eigenvalue weighted by molar-refractivity contribution is 5.94. The van der Waals surface area contributed by atoms with E-state index in [1.807, 2.05) is 0 Å². The van der Waals surface area contributed by atoms with Gasteiger partial charge in [-0.25, -0.2) is 0 Å². The summed E-state index contributed by atoms with van der Waals surface area (Å²) in [6.45, 7) is 0. The average Bonchev–Trinajstić information content (AvgIpc) is 2.03. The summed E-state index contributed by atoms with van der Waals surface area (Å²) in [5.41, 5.74) is 6.14. The van der Waals surface area contributed by atoms with E-state index in [1.165, 1.54) is 6.42 Å². The molecule has 0 aromatic carbocycles. The van der Waals surface area contributed by atoms with Crippen LogP contribution in [0.25, 0.3) is 0 Å². The van der Waals surface area contributed by atoms with Crippen LogP contribution in [-0.2, 0) is 4.79 Å². The Kier molecular flexibility index (Phi) is 2.21. The van der Waals surface area contributed by atoms with Gasteiger partial charge in [-0.2, -0.15) is 0 Å². The molecule has 0 fully saturated rings. The van der Waals surface area contributed by atoms with Gasteiger partial charge in [0.2, 0.25) is 5.91 Å². The lowest BCUT2D eigenvalue weighted by atomic mass is 9.69. The lowest BCUT2D eigenvalue weighted by molar-refractivity contribution is -0.115. The maximum atomic E-state index is 11.0. The Morgan fingerprint density at radius 1 is 1.31 bits per heavy atom. The number of rotatable bonds is 1. The molecule has 0 aliphatic heterocycles. The first kappa shape index (κ1) is 8.54. The minimum atomic E-state index is -0.217. The van der Waals surface area contributed by atoms with E-state index in [-0.39, 0.29) is 5.91 Å². The van der Waals surface area contributed by atoms with E-state index in [1.54, 1.807) is 0 Å². The van der Waals surface area contributed by atoms with Crippen molar-refractivity contribution < 1.29 is 4.79 Å². The van der Waals surface area contributed by atoms with Crippen LogP contribution in [0.1, 0.15) is 25.7 Å². The lowest BCUT2D eigenvalue weighted by Crippen LogP contribution is -2.33. The summed E-state index contributed by atoms with van der Waals surface area (Å²) in [5.74, 6) is 0.862. The van der Waals surface area contributed by atoms with Gasteiger partial charge in [0.25, 0.3) is 0 Å². The molecule has 0 radical (unpaired) electrons. The zero-order valence-corrected chi connectivity index (χ0v) is 7.70. The number of allylic oxidation sites excluding steroid dienone is 3. The Bertz CT molecular complexity index is 278. The molecule has 2 unspecified atom stereocenters. The first-order chi connectivity index (χ1) is 6.29. The highest BCUT2D eigenvalue weighted by atomic mass is 16.1. The first-order valence-electron chi connectivity index (χ1n) is 4.95. The zero-order chi connectivity index (χ0) is 9.26. The van der Waals surface area contributed by atoms with Crippen LogP contribution in [0.15, 0.2) is 23.8 Å². The molecule has 0 saturated heterocycles. The summed E-state index contributed by atoms with van der Waals surface area (Å²) >= 11 is 0. The lowest BCUT2D eigenvalue weighted by Gasteiger charge is -2.35. The second-order valence-corrected chi connectivity index (χ2v) is 3.88. The highest BCUT2D eigenvalue weighted by Gasteiger charge is 2.34. The topological polar surface area (TPSA) is 43.1 Å². The number of fused-ring (bicyclic) bond motifs is 1. The molecule has 0 aromatic heterocycles. The molecule has 0 saturated carbocycles. The quantitative estimate of drug-likeness (QED) is 0.609. The maximum Gasteiger partial charge on any atom is 0.244 e. The van der Waals surface area contributed by atoms with Crippen LogP contribution in [0.3, 0.4) is 0 Å². The van der Waals surface area contributed by atoms with Gasteiger partial charge in [-0.3, -0.25) is 4.79 Å². The minimum Gasteiger partial charge on any atom is -0.366 e. The van der Waals surface area contributed by atoms with Crippen LogP contribution in [0.4, 0.5) is 0 Å². The summed E-state index contributed by atoms with van der Waals surface area (Å²) in [5, 5.41) is 0. The Morgan fingerprint density at radius 3 is 2.69 bits per heavy atom. The van der Waals surface area contributed by atoms with Gasteiger partial charge in [0, 0.05) is 5.57 Å². The minimum absolute atomic E-state index is 0.217. The fourth-order valence-electron chi connectivity index (χ4n) is 2.30. The second-order valence-electron chi connectivity index (χ2n) is 3.88. The molecule has 2 N–H and O–H groups in total. The van der Waals surface area contributed by atoms with Crippen molar-refractivity contribution in [2.75, 3.05) is 0 Å². The van der Waals surface area contributed by atoms with Gasteiger partial charge in [-0.05, 0) is 37.5 Å². The Hall–Kier alpha value is -1.05. The molecule has 0 bridgehead atoms. The summed E-state index contributed by atoms with van der Waals surface area (Å²) in [7, 11) is 0. The summed E-state index contributed by atoms with van der Waals surface area (Å²) in [6.07, 6.45) is 11.0. The van der Waals surface area contributed by atoms with Crippen LogP contribution in [-0.4, -0.2) is 5.91 Å². The van der Waals surface area contributed by atoms with Crippen molar-refractivity contribution in [2.24, 2.45) is 17.6 Å². The van der Waals surface area contributed by atoms with Gasteiger partial charge in [0.15, 0.2) is 0 Å². The third-order valence-corrected chi connectivity index (χ3v) is 3.07. The van der Waals surface area contributed by atoms with E-state index in [9.17, 15) is 4.79 Å². The van der Waals surface area contributed by atoms with Crippen molar-refractivity contribution in [3.8, 4) is 0 Å². The molecule has 0 aromatic rings. The standard InChI is InChI=1S/C11H15NO/c12-11(13)10-7-8-5-3-1-2-4-6-9(8)10/h1-2,7-9H,3-6H2,(H2,12,13)/b2-1+. The van der Waals surface area contributed by atoms with Crippen LogP contribution >= 0.6 is 0 Å². The van der Waals surface area contributed by atoms with Crippen molar-refractivity contribution in [3.63, 3.8) is 0 Å². The predicted octanol–water partition coefficient (Wildman–Crippen LogP) is 1.77. The van der Waals surface area contributed by atoms with E-state index >= 15 is 0 Å². The fourth-order valence-corrected chi connectivity index (χ4v) is 2.30. The normalized spacial score (nSPS) is 34.6. The molecule has 13 heavy (non-hydrogen) atoms. The number of hydrogen-bond acceptors (Lipinski definition) is 1. The van der Waals surface area contributed by atoms with Gasteiger partial charge in [-0.1, -0.05) is 18.2 Å². The monoisotopic (exact) mass is 177 g/mol. The van der Waals surface area contributed by atoms with Crippen molar-refractivity contribution in [1.29, 1.82) is 0 Å². The molecule has 1 amide bonds. The van der Waals surface area contributed by atoms with Crippen molar-refractivity contribution >= 4 is 5.91 Å². The third-order valence-electron chi connectivity index (χ3n) is 3.07. The van der Waals surface area contributed by atoms with Crippen LogP contribution in [0.2, 0.25) is 0 Å². The number of primary amides is 1. The smallest absolute Gasteiger partial charge is 0.244 e. The third kappa shape index (κ3) is 1.53. The SMILES string of the molecule is NC(=O)C1=CC2CC/C=C/CCC12. The maximum absolute atomic E-state index is 11.0. The molecule has 2 nitrogen and oxygen atoms in total. The number of amides is 1. The molecular weight excluding hydrogens is 162 g/mol. The molecule has 2 aliphatic carbocycles.